The summed E-state index contributed by atoms with van der Waals surface area (Å²) in [4.78, 5) is 2.44. The van der Waals surface area contributed by atoms with Crippen LogP contribution in [-0.2, 0) is 0 Å². The standard InChI is InChI=1S/C9H19N.C2H6.CH4O/c1-9(2)5-4-7-10(3)8-6-9;2*1-2/h4-8H2,1-3H3;1-2H3;2H,1H3. The number of aliphatic hydroxyl groups excluding tert-OH is 1. The van der Waals surface area contributed by atoms with Gasteiger partial charge >= 0.3 is 0 Å². The highest BCUT2D eigenvalue weighted by molar-refractivity contribution is 4.74. The molecule has 1 N–H and O–H groups in total. The molecule has 2 heteroatoms. The normalized spacial score (nSPS) is 20.8. The summed E-state index contributed by atoms with van der Waals surface area (Å²) in [7, 11) is 3.22. The minimum Gasteiger partial charge on any atom is -0.400 e. The second-order valence-electron chi connectivity index (χ2n) is 4.32. The number of hydrogen-bond donors (Lipinski definition) is 1. The van der Waals surface area contributed by atoms with E-state index in [-0.39, 0.29) is 0 Å². The van der Waals surface area contributed by atoms with Crippen molar-refractivity contribution < 1.29 is 5.11 Å². The van der Waals surface area contributed by atoms with Crippen LogP contribution >= 0.6 is 0 Å². The van der Waals surface area contributed by atoms with Gasteiger partial charge < -0.3 is 10.0 Å². The Morgan fingerprint density at radius 2 is 1.50 bits per heavy atom. The third kappa shape index (κ3) is 8.52. The molecule has 0 atom stereocenters. The summed E-state index contributed by atoms with van der Waals surface area (Å²) >= 11 is 0. The Hall–Kier alpha value is -0.0800. The molecule has 0 spiro atoms. The average Bonchev–Trinajstić information content (AvgIpc) is 2.35. The largest absolute Gasteiger partial charge is 0.400 e. The van der Waals surface area contributed by atoms with Gasteiger partial charge in [0.15, 0.2) is 0 Å². The predicted octanol–water partition coefficient (Wildman–Crippen LogP) is 2.76. The molecule has 0 aromatic heterocycles. The van der Waals surface area contributed by atoms with E-state index in [1.807, 2.05) is 13.8 Å². The van der Waals surface area contributed by atoms with E-state index >= 15 is 0 Å². The van der Waals surface area contributed by atoms with Gasteiger partial charge in [-0.3, -0.25) is 0 Å². The van der Waals surface area contributed by atoms with Gasteiger partial charge in [0.1, 0.15) is 0 Å². The van der Waals surface area contributed by atoms with E-state index in [1.54, 1.807) is 0 Å². The zero-order valence-electron chi connectivity index (χ0n) is 10.9. The zero-order chi connectivity index (χ0) is 11.6. The molecule has 2 nitrogen and oxygen atoms in total. The van der Waals surface area contributed by atoms with E-state index in [9.17, 15) is 0 Å². The van der Waals surface area contributed by atoms with E-state index in [1.165, 1.54) is 32.4 Å². The van der Waals surface area contributed by atoms with Crippen LogP contribution in [0.4, 0.5) is 0 Å². The van der Waals surface area contributed by atoms with Gasteiger partial charge in [-0.1, -0.05) is 27.7 Å². The van der Waals surface area contributed by atoms with Gasteiger partial charge in [-0.2, -0.15) is 0 Å². The Labute approximate surface area is 90.3 Å². The molecular weight excluding hydrogens is 174 g/mol. The van der Waals surface area contributed by atoms with Gasteiger partial charge in [0.2, 0.25) is 0 Å². The van der Waals surface area contributed by atoms with Crippen molar-refractivity contribution in [1.29, 1.82) is 0 Å². The van der Waals surface area contributed by atoms with Crippen molar-refractivity contribution in [1.82, 2.24) is 4.90 Å². The van der Waals surface area contributed by atoms with E-state index in [0.717, 1.165) is 7.11 Å². The first-order valence-corrected chi connectivity index (χ1v) is 5.73. The smallest absolute Gasteiger partial charge is 0.0319 e. The van der Waals surface area contributed by atoms with Gasteiger partial charge in [-0.15, -0.1) is 0 Å². The minimum absolute atomic E-state index is 0.602. The molecule has 1 saturated heterocycles. The van der Waals surface area contributed by atoms with Gasteiger partial charge in [-0.25, -0.2) is 0 Å². The summed E-state index contributed by atoms with van der Waals surface area (Å²) in [6.07, 6.45) is 4.14. The first-order valence-electron chi connectivity index (χ1n) is 5.73. The zero-order valence-corrected chi connectivity index (χ0v) is 10.9. The van der Waals surface area contributed by atoms with Crippen LogP contribution in [0.5, 0.6) is 0 Å². The molecule has 0 aromatic rings. The molecule has 0 amide bonds. The number of hydrogen-bond acceptors (Lipinski definition) is 2. The number of aliphatic hydroxyl groups is 1. The summed E-state index contributed by atoms with van der Waals surface area (Å²) in [6.45, 7) is 11.3. The van der Waals surface area contributed by atoms with Gasteiger partial charge in [0.05, 0.1) is 0 Å². The molecule has 0 bridgehead atoms. The second kappa shape index (κ2) is 9.47. The Morgan fingerprint density at radius 3 is 2.00 bits per heavy atom. The minimum atomic E-state index is 0.602. The lowest BCUT2D eigenvalue weighted by Gasteiger charge is -2.21. The highest BCUT2D eigenvalue weighted by Gasteiger charge is 2.20. The molecule has 0 unspecified atom stereocenters. The highest BCUT2D eigenvalue weighted by Crippen LogP contribution is 2.28. The summed E-state index contributed by atoms with van der Waals surface area (Å²) in [5.41, 5.74) is 0.602. The van der Waals surface area contributed by atoms with Crippen molar-refractivity contribution in [3.63, 3.8) is 0 Å². The lowest BCUT2D eigenvalue weighted by atomic mass is 9.85. The maximum Gasteiger partial charge on any atom is 0.0319 e. The van der Waals surface area contributed by atoms with Crippen LogP contribution in [0.3, 0.4) is 0 Å². The molecule has 1 aliphatic rings. The molecule has 1 aliphatic heterocycles. The van der Waals surface area contributed by atoms with Crippen LogP contribution in [-0.4, -0.2) is 37.3 Å². The topological polar surface area (TPSA) is 23.5 Å². The molecule has 1 rings (SSSR count). The van der Waals surface area contributed by atoms with Crippen LogP contribution in [0.25, 0.3) is 0 Å². The molecule has 0 aromatic carbocycles. The summed E-state index contributed by atoms with van der Waals surface area (Å²) in [5.74, 6) is 0. The fraction of sp³-hybridized carbons (Fsp3) is 1.00. The van der Waals surface area contributed by atoms with Crippen molar-refractivity contribution in [2.75, 3.05) is 27.2 Å². The van der Waals surface area contributed by atoms with Gasteiger partial charge in [-0.05, 0) is 44.8 Å². The molecule has 88 valence electrons. The van der Waals surface area contributed by atoms with Crippen LogP contribution in [0, 0.1) is 5.41 Å². The highest BCUT2D eigenvalue weighted by atomic mass is 16.2. The second-order valence-corrected chi connectivity index (χ2v) is 4.32. The van der Waals surface area contributed by atoms with Crippen molar-refractivity contribution in [3.05, 3.63) is 0 Å². The molecular formula is C12H29NO. The third-order valence-electron chi connectivity index (χ3n) is 2.56. The fourth-order valence-corrected chi connectivity index (χ4v) is 1.56. The van der Waals surface area contributed by atoms with Crippen molar-refractivity contribution in [2.24, 2.45) is 5.41 Å². The number of nitrogens with zero attached hydrogens (tertiary/aromatic N) is 1. The Kier molecular flexibility index (Phi) is 11.1. The lowest BCUT2D eigenvalue weighted by molar-refractivity contribution is 0.296. The first kappa shape index (κ1) is 16.4. The van der Waals surface area contributed by atoms with Gasteiger partial charge in [0, 0.05) is 7.11 Å². The van der Waals surface area contributed by atoms with Crippen molar-refractivity contribution in [3.8, 4) is 0 Å². The molecule has 1 fully saturated rings. The van der Waals surface area contributed by atoms with Crippen LogP contribution in [0.2, 0.25) is 0 Å². The lowest BCUT2D eigenvalue weighted by Crippen LogP contribution is -2.20. The van der Waals surface area contributed by atoms with E-state index in [2.05, 4.69) is 25.8 Å². The van der Waals surface area contributed by atoms with E-state index in [4.69, 9.17) is 5.11 Å². The predicted molar refractivity (Wildman–Crippen MR) is 64.6 cm³/mol. The van der Waals surface area contributed by atoms with Crippen molar-refractivity contribution >= 4 is 0 Å². The molecule has 14 heavy (non-hydrogen) atoms. The number of likely N-dealkylation sites (tertiary alicyclic amines) is 1. The van der Waals surface area contributed by atoms with Crippen molar-refractivity contribution in [2.45, 2.75) is 47.0 Å². The Morgan fingerprint density at radius 1 is 1.00 bits per heavy atom. The summed E-state index contributed by atoms with van der Waals surface area (Å²) in [5, 5.41) is 7.00. The molecule has 1 heterocycles. The first-order chi connectivity index (χ1) is 6.60. The maximum atomic E-state index is 7.00. The maximum absolute atomic E-state index is 7.00. The molecule has 0 radical (unpaired) electrons. The summed E-state index contributed by atoms with van der Waals surface area (Å²) in [6, 6.07) is 0. The van der Waals surface area contributed by atoms with E-state index in [0.29, 0.717) is 5.41 Å². The van der Waals surface area contributed by atoms with Crippen LogP contribution in [0.15, 0.2) is 0 Å². The Bertz CT molecular complexity index is 113. The fourth-order valence-electron chi connectivity index (χ4n) is 1.56. The molecule has 0 saturated carbocycles. The van der Waals surface area contributed by atoms with E-state index < -0.39 is 0 Å². The summed E-state index contributed by atoms with van der Waals surface area (Å²) < 4.78 is 0. The SMILES string of the molecule is CC.CN1CCCC(C)(C)CC1.CO. The Balaban J connectivity index is 0. The van der Waals surface area contributed by atoms with Gasteiger partial charge in [0.25, 0.3) is 0 Å². The number of rotatable bonds is 0. The third-order valence-corrected chi connectivity index (χ3v) is 2.56. The quantitative estimate of drug-likeness (QED) is 0.654. The van der Waals surface area contributed by atoms with Crippen LogP contribution < -0.4 is 0 Å². The molecule has 0 aliphatic carbocycles. The average molecular weight is 203 g/mol. The van der Waals surface area contributed by atoms with Crippen LogP contribution in [0.1, 0.15) is 47.0 Å². The monoisotopic (exact) mass is 203 g/mol.